The number of ether oxygens (including phenoxy) is 1. The molecule has 196 valence electrons. The van der Waals surface area contributed by atoms with Crippen molar-refractivity contribution >= 4 is 32.6 Å². The summed E-state index contributed by atoms with van der Waals surface area (Å²) >= 11 is 0. The molecule has 1 N–H and O–H groups in total. The van der Waals surface area contributed by atoms with Gasteiger partial charge < -0.3 is 9.15 Å². The molecule has 2 heterocycles. The van der Waals surface area contributed by atoms with Crippen LogP contribution in [0.25, 0.3) is 16.6 Å². The van der Waals surface area contributed by atoms with Crippen LogP contribution >= 0.6 is 0 Å². The van der Waals surface area contributed by atoms with Crippen LogP contribution in [-0.2, 0) is 14.8 Å². The van der Waals surface area contributed by atoms with Crippen LogP contribution in [0.1, 0.15) is 19.3 Å². The molecule has 0 aliphatic heterocycles. The summed E-state index contributed by atoms with van der Waals surface area (Å²) in [6.45, 7) is 0. The first kappa shape index (κ1) is 25.1. The number of hydrogen-bond donors (Lipinski definition) is 1. The number of anilines is 1. The van der Waals surface area contributed by atoms with Crippen molar-refractivity contribution in [3.63, 3.8) is 0 Å². The zero-order valence-corrected chi connectivity index (χ0v) is 20.1. The van der Waals surface area contributed by atoms with Gasteiger partial charge in [-0.05, 0) is 54.7 Å². The summed E-state index contributed by atoms with van der Waals surface area (Å²) < 4.78 is 93.2. The smallest absolute Gasteiger partial charge is 0.391 e. The van der Waals surface area contributed by atoms with Crippen LogP contribution < -0.4 is 10.3 Å². The van der Waals surface area contributed by atoms with Crippen LogP contribution in [0.5, 0.6) is 0 Å². The van der Waals surface area contributed by atoms with Crippen molar-refractivity contribution in [1.82, 2.24) is 9.55 Å². The number of sulfonamides is 1. The van der Waals surface area contributed by atoms with E-state index in [2.05, 4.69) is 9.71 Å². The molecule has 0 spiro atoms. The molecule has 1 aromatic carbocycles. The van der Waals surface area contributed by atoms with Crippen molar-refractivity contribution in [2.75, 3.05) is 11.8 Å². The number of nitrogens with one attached hydrogen (secondary N) is 1. The zero-order chi connectivity index (χ0) is 26.5. The first-order valence-electron chi connectivity index (χ1n) is 11.3. The number of pyridine rings is 1. The van der Waals surface area contributed by atoms with Gasteiger partial charge in [-0.25, -0.2) is 22.5 Å². The molecular formula is C24H21F4N3O5S. The molecule has 3 aromatic rings. The molecule has 0 amide bonds. The Balaban J connectivity index is 1.53. The third-order valence-corrected chi connectivity index (χ3v) is 8.03. The number of halogens is 4. The lowest BCUT2D eigenvalue weighted by Crippen LogP contribution is -2.39. The Kier molecular flexibility index (Phi) is 6.13. The van der Waals surface area contributed by atoms with E-state index in [9.17, 15) is 26.4 Å². The number of methoxy groups -OCH3 is 1. The maximum atomic E-state index is 15.3. The fourth-order valence-corrected chi connectivity index (χ4v) is 5.72. The van der Waals surface area contributed by atoms with E-state index in [-0.39, 0.29) is 47.2 Å². The Morgan fingerprint density at radius 2 is 1.95 bits per heavy atom. The highest BCUT2D eigenvalue weighted by Crippen LogP contribution is 2.50. The molecule has 1 atom stereocenters. The van der Waals surface area contributed by atoms with E-state index < -0.39 is 39.8 Å². The molecular weight excluding hydrogens is 518 g/mol. The van der Waals surface area contributed by atoms with Gasteiger partial charge >= 0.3 is 12.2 Å². The van der Waals surface area contributed by atoms with Gasteiger partial charge in [0.25, 0.3) is 15.6 Å². The van der Waals surface area contributed by atoms with Crippen LogP contribution in [0.3, 0.4) is 0 Å². The maximum absolute atomic E-state index is 15.3. The van der Waals surface area contributed by atoms with Gasteiger partial charge in [0, 0.05) is 17.9 Å². The lowest BCUT2D eigenvalue weighted by atomic mass is 9.68. The highest BCUT2D eigenvalue weighted by molar-refractivity contribution is 7.92. The van der Waals surface area contributed by atoms with E-state index in [4.69, 9.17) is 9.15 Å². The molecule has 1 unspecified atom stereocenters. The van der Waals surface area contributed by atoms with Gasteiger partial charge in [0.15, 0.2) is 0 Å². The number of oxazole rings is 1. The summed E-state index contributed by atoms with van der Waals surface area (Å²) in [5, 5.41) is 0.370. The summed E-state index contributed by atoms with van der Waals surface area (Å²) in [5.74, 6) is -1.84. The van der Waals surface area contributed by atoms with Gasteiger partial charge in [-0.1, -0.05) is 0 Å². The first-order valence-corrected chi connectivity index (χ1v) is 12.7. The molecule has 2 aromatic heterocycles. The molecule has 0 bridgehead atoms. The number of fused-ring (bicyclic) bond motifs is 1. The molecule has 0 saturated heterocycles. The molecule has 0 radical (unpaired) electrons. The van der Waals surface area contributed by atoms with E-state index in [1.54, 1.807) is 0 Å². The highest BCUT2D eigenvalue weighted by Gasteiger charge is 2.50. The van der Waals surface area contributed by atoms with Gasteiger partial charge in [0.05, 0.1) is 35.3 Å². The average Bonchev–Trinajstić information content (AvgIpc) is 3.30. The fraction of sp³-hybridized carbons (Fsp3) is 0.333. The number of alkyl halides is 4. The minimum atomic E-state index is -4.31. The second-order valence-corrected chi connectivity index (χ2v) is 10.6. The highest BCUT2D eigenvalue weighted by atomic mass is 32.2. The van der Waals surface area contributed by atoms with Crippen molar-refractivity contribution in [2.24, 2.45) is 11.8 Å². The fourth-order valence-electron chi connectivity index (χ4n) is 4.74. The summed E-state index contributed by atoms with van der Waals surface area (Å²) in [4.78, 5) is 16.5. The zero-order valence-electron chi connectivity index (χ0n) is 19.3. The van der Waals surface area contributed by atoms with Crippen LogP contribution in [-0.4, -0.2) is 37.4 Å². The van der Waals surface area contributed by atoms with E-state index >= 15 is 4.39 Å². The lowest BCUT2D eigenvalue weighted by molar-refractivity contribution is -0.202. The Bertz CT molecular complexity index is 1570. The Labute approximate surface area is 208 Å². The summed E-state index contributed by atoms with van der Waals surface area (Å²) in [6, 6.07) is 6.46. The molecule has 1 saturated carbocycles. The van der Waals surface area contributed by atoms with E-state index in [0.29, 0.717) is 10.9 Å². The third kappa shape index (κ3) is 4.63. The summed E-state index contributed by atoms with van der Waals surface area (Å²) in [5.41, 5.74) is 0.210. The molecule has 13 heteroatoms. The number of nitrogens with zero attached hydrogens (tertiary/aromatic N) is 2. The molecule has 2 aliphatic carbocycles. The topological polar surface area (TPSA) is 103 Å². The lowest BCUT2D eigenvalue weighted by Gasteiger charge is -2.40. The van der Waals surface area contributed by atoms with E-state index in [1.807, 2.05) is 0 Å². The van der Waals surface area contributed by atoms with Crippen LogP contribution in [0.2, 0.25) is 0 Å². The standard InChI is InChI=1S/C24H21F4N3O5S/c1-35-21-11-17(14-8-15(9-14)24(26,27)28)18(25)12-20(21)31-19-4-3-16(10-13(19)2-5-22(31)32)37(33,34)30-23-29-6-7-36-23/h2-7,10-11,14-15,18H,8-9,12H2,1H3,(H,29,30). The van der Waals surface area contributed by atoms with Crippen LogP contribution in [0.15, 0.2) is 74.3 Å². The van der Waals surface area contributed by atoms with Crippen molar-refractivity contribution < 1.29 is 35.1 Å². The normalized spacial score (nSPS) is 22.5. The minimum absolute atomic E-state index is 0.122. The van der Waals surface area contributed by atoms with Gasteiger partial charge in [-0.15, -0.1) is 0 Å². The SMILES string of the molecule is COC1=C(n2c(=O)ccc3cc(S(=O)(=O)Nc4ncco4)ccc32)CC(F)C(C2CC(C(F)(F)F)C2)=C1. The van der Waals surface area contributed by atoms with Crippen molar-refractivity contribution in [1.29, 1.82) is 0 Å². The van der Waals surface area contributed by atoms with Gasteiger partial charge in [0.2, 0.25) is 0 Å². The second kappa shape index (κ2) is 9.05. The van der Waals surface area contributed by atoms with Gasteiger partial charge in [0.1, 0.15) is 18.2 Å². The third-order valence-electron chi connectivity index (χ3n) is 6.71. The quantitative estimate of drug-likeness (QED) is 0.449. The van der Waals surface area contributed by atoms with Crippen molar-refractivity contribution in [3.05, 3.63) is 70.6 Å². The Hall–Kier alpha value is -3.61. The van der Waals surface area contributed by atoms with Crippen molar-refractivity contribution in [3.8, 4) is 0 Å². The number of aromatic nitrogens is 2. The largest absolute Gasteiger partial charge is 0.495 e. The molecule has 1 fully saturated rings. The Morgan fingerprint density at radius 1 is 1.19 bits per heavy atom. The molecule has 5 rings (SSSR count). The Morgan fingerprint density at radius 3 is 2.59 bits per heavy atom. The minimum Gasteiger partial charge on any atom is -0.495 e. The number of hydrogen-bond acceptors (Lipinski definition) is 6. The van der Waals surface area contributed by atoms with E-state index in [1.165, 1.54) is 60.5 Å². The van der Waals surface area contributed by atoms with Gasteiger partial charge in [-0.3, -0.25) is 9.36 Å². The van der Waals surface area contributed by atoms with Gasteiger partial charge in [-0.2, -0.15) is 13.2 Å². The van der Waals surface area contributed by atoms with Crippen LogP contribution in [0.4, 0.5) is 23.6 Å². The number of allylic oxidation sites excluding steroid dienone is 3. The predicted octanol–water partition coefficient (Wildman–Crippen LogP) is 4.86. The van der Waals surface area contributed by atoms with Crippen molar-refractivity contribution in [2.45, 2.75) is 36.5 Å². The number of rotatable bonds is 6. The number of benzene rings is 1. The molecule has 37 heavy (non-hydrogen) atoms. The predicted molar refractivity (Wildman–Crippen MR) is 126 cm³/mol. The molecule has 8 nitrogen and oxygen atoms in total. The monoisotopic (exact) mass is 539 g/mol. The average molecular weight is 540 g/mol. The second-order valence-electron chi connectivity index (χ2n) is 8.91. The maximum Gasteiger partial charge on any atom is 0.391 e. The summed E-state index contributed by atoms with van der Waals surface area (Å²) in [6.07, 6.45) is -2.70. The molecule has 2 aliphatic rings. The van der Waals surface area contributed by atoms with E-state index in [0.717, 1.165) is 0 Å². The summed E-state index contributed by atoms with van der Waals surface area (Å²) in [7, 11) is -2.73. The van der Waals surface area contributed by atoms with Crippen LogP contribution in [0, 0.1) is 11.8 Å². The first-order chi connectivity index (χ1) is 17.5.